The summed E-state index contributed by atoms with van der Waals surface area (Å²) in [6, 6.07) is 13.2. The quantitative estimate of drug-likeness (QED) is 0.826. The van der Waals surface area contributed by atoms with E-state index in [1.54, 1.807) is 0 Å². The summed E-state index contributed by atoms with van der Waals surface area (Å²) in [5, 5.41) is 3.54. The third kappa shape index (κ3) is 3.37. The Morgan fingerprint density at radius 3 is 2.26 bits per heavy atom. The highest BCUT2D eigenvalue weighted by molar-refractivity contribution is 5.48. The van der Waals surface area contributed by atoms with Crippen molar-refractivity contribution in [1.29, 1.82) is 0 Å². The van der Waals surface area contributed by atoms with Crippen LogP contribution in [0, 0.1) is 20.8 Å². The second kappa shape index (κ2) is 5.92. The minimum atomic E-state index is 0.894. The molecule has 0 saturated heterocycles. The number of hydrogen-bond acceptors (Lipinski definition) is 1. The van der Waals surface area contributed by atoms with Crippen molar-refractivity contribution in [3.8, 4) is 0 Å². The minimum absolute atomic E-state index is 0.894. The van der Waals surface area contributed by atoms with E-state index in [4.69, 9.17) is 0 Å². The predicted molar refractivity (Wildman–Crippen MR) is 83.8 cm³/mol. The van der Waals surface area contributed by atoms with E-state index in [2.05, 4.69) is 69.4 Å². The number of rotatable bonds is 4. The monoisotopic (exact) mass is 253 g/mol. The molecule has 2 aromatic carbocycles. The molecule has 0 radical (unpaired) electrons. The van der Waals surface area contributed by atoms with Gasteiger partial charge in [0.1, 0.15) is 0 Å². The van der Waals surface area contributed by atoms with Crippen molar-refractivity contribution in [2.24, 2.45) is 0 Å². The van der Waals surface area contributed by atoms with E-state index in [0.717, 1.165) is 13.0 Å². The van der Waals surface area contributed by atoms with Crippen molar-refractivity contribution < 1.29 is 0 Å². The third-order valence-corrected chi connectivity index (χ3v) is 3.64. The van der Waals surface area contributed by atoms with Crippen LogP contribution in [0.3, 0.4) is 0 Å². The average Bonchev–Trinajstić information content (AvgIpc) is 2.37. The lowest BCUT2D eigenvalue weighted by atomic mass is 10.00. The van der Waals surface area contributed by atoms with Crippen molar-refractivity contribution in [3.63, 3.8) is 0 Å². The maximum absolute atomic E-state index is 3.54. The first-order chi connectivity index (χ1) is 9.10. The molecule has 0 aliphatic heterocycles. The van der Waals surface area contributed by atoms with Gasteiger partial charge in [0.15, 0.2) is 0 Å². The summed E-state index contributed by atoms with van der Waals surface area (Å²) in [4.78, 5) is 0. The molecule has 100 valence electrons. The van der Waals surface area contributed by atoms with Crippen LogP contribution in [0.2, 0.25) is 0 Å². The van der Waals surface area contributed by atoms with Gasteiger partial charge in [0.25, 0.3) is 0 Å². The van der Waals surface area contributed by atoms with E-state index < -0.39 is 0 Å². The lowest BCUT2D eigenvalue weighted by Gasteiger charge is -2.13. The van der Waals surface area contributed by atoms with Crippen LogP contribution in [0.15, 0.2) is 36.4 Å². The first-order valence-electron chi connectivity index (χ1n) is 6.99. The Hall–Kier alpha value is -1.76. The van der Waals surface area contributed by atoms with Gasteiger partial charge in [-0.25, -0.2) is 0 Å². The van der Waals surface area contributed by atoms with E-state index in [0.29, 0.717) is 0 Å². The highest BCUT2D eigenvalue weighted by Gasteiger charge is 2.03. The normalized spacial score (nSPS) is 10.5. The third-order valence-electron chi connectivity index (χ3n) is 3.64. The van der Waals surface area contributed by atoms with E-state index in [-0.39, 0.29) is 0 Å². The zero-order chi connectivity index (χ0) is 13.8. The molecule has 0 bridgehead atoms. The largest absolute Gasteiger partial charge is 0.381 e. The first-order valence-corrected chi connectivity index (χ1v) is 6.99. The fourth-order valence-corrected chi connectivity index (χ4v) is 2.58. The van der Waals surface area contributed by atoms with Crippen molar-refractivity contribution in [2.45, 2.75) is 40.7 Å². The van der Waals surface area contributed by atoms with Crippen LogP contribution in [-0.4, -0.2) is 0 Å². The summed E-state index contributed by atoms with van der Waals surface area (Å²) in [7, 11) is 0. The van der Waals surface area contributed by atoms with Gasteiger partial charge in [-0.1, -0.05) is 36.8 Å². The molecule has 19 heavy (non-hydrogen) atoms. The Bertz CT molecular complexity index is 547. The topological polar surface area (TPSA) is 12.0 Å². The van der Waals surface area contributed by atoms with Crippen molar-refractivity contribution >= 4 is 5.69 Å². The molecular formula is C18H23N. The van der Waals surface area contributed by atoms with Crippen LogP contribution >= 0.6 is 0 Å². The van der Waals surface area contributed by atoms with E-state index in [1.165, 1.54) is 33.5 Å². The molecule has 0 unspecified atom stereocenters. The second-order valence-corrected chi connectivity index (χ2v) is 5.28. The maximum Gasteiger partial charge on any atom is 0.0406 e. The molecule has 0 heterocycles. The zero-order valence-electron chi connectivity index (χ0n) is 12.4. The first kappa shape index (κ1) is 13.7. The summed E-state index contributed by atoms with van der Waals surface area (Å²) in [6.45, 7) is 9.62. The molecule has 0 aromatic heterocycles. The molecule has 0 aliphatic carbocycles. The van der Waals surface area contributed by atoms with Gasteiger partial charge in [-0.15, -0.1) is 0 Å². The number of anilines is 1. The van der Waals surface area contributed by atoms with Crippen molar-refractivity contribution in [2.75, 3.05) is 5.32 Å². The van der Waals surface area contributed by atoms with Crippen molar-refractivity contribution in [3.05, 3.63) is 64.2 Å². The molecule has 2 aromatic rings. The SMILES string of the molecule is CCc1cccc(NCc2c(C)cc(C)cc2C)c1. The molecule has 0 spiro atoms. The molecule has 1 nitrogen and oxygen atoms in total. The number of benzene rings is 2. The number of aryl methyl sites for hydroxylation is 4. The minimum Gasteiger partial charge on any atom is -0.381 e. The van der Waals surface area contributed by atoms with Crippen LogP contribution in [0.4, 0.5) is 5.69 Å². The Morgan fingerprint density at radius 2 is 1.63 bits per heavy atom. The number of nitrogens with one attached hydrogen (secondary N) is 1. The van der Waals surface area contributed by atoms with Crippen LogP contribution in [0.1, 0.15) is 34.7 Å². The molecule has 0 aliphatic rings. The van der Waals surface area contributed by atoms with Crippen LogP contribution in [0.5, 0.6) is 0 Å². The standard InChI is InChI=1S/C18H23N/c1-5-16-7-6-8-17(11-16)19-12-18-14(3)9-13(2)10-15(18)4/h6-11,19H,5,12H2,1-4H3. The van der Waals surface area contributed by atoms with E-state index in [1.807, 2.05) is 0 Å². The van der Waals surface area contributed by atoms with Crippen LogP contribution in [0.25, 0.3) is 0 Å². The van der Waals surface area contributed by atoms with Gasteiger partial charge >= 0.3 is 0 Å². The molecule has 0 fully saturated rings. The van der Waals surface area contributed by atoms with Gasteiger partial charge in [-0.05, 0) is 61.6 Å². The maximum atomic E-state index is 3.54. The van der Waals surface area contributed by atoms with Gasteiger partial charge < -0.3 is 5.32 Å². The molecule has 0 amide bonds. The zero-order valence-corrected chi connectivity index (χ0v) is 12.4. The van der Waals surface area contributed by atoms with Crippen LogP contribution < -0.4 is 5.32 Å². The van der Waals surface area contributed by atoms with Gasteiger partial charge in [0.05, 0.1) is 0 Å². The van der Waals surface area contributed by atoms with Gasteiger partial charge in [0, 0.05) is 12.2 Å². The second-order valence-electron chi connectivity index (χ2n) is 5.28. The molecule has 2 rings (SSSR count). The fourth-order valence-electron chi connectivity index (χ4n) is 2.58. The molecular weight excluding hydrogens is 230 g/mol. The van der Waals surface area contributed by atoms with E-state index in [9.17, 15) is 0 Å². The van der Waals surface area contributed by atoms with Crippen LogP contribution in [-0.2, 0) is 13.0 Å². The Labute approximate surface area is 116 Å². The van der Waals surface area contributed by atoms with Gasteiger partial charge in [-0.3, -0.25) is 0 Å². The summed E-state index contributed by atoms with van der Waals surface area (Å²) in [6.07, 6.45) is 1.08. The molecule has 1 heteroatoms. The lowest BCUT2D eigenvalue weighted by molar-refractivity contribution is 1.07. The highest BCUT2D eigenvalue weighted by Crippen LogP contribution is 2.19. The van der Waals surface area contributed by atoms with Gasteiger partial charge in [0.2, 0.25) is 0 Å². The smallest absolute Gasteiger partial charge is 0.0406 e. The fraction of sp³-hybridized carbons (Fsp3) is 0.333. The molecule has 0 saturated carbocycles. The summed E-state index contributed by atoms with van der Waals surface area (Å²) >= 11 is 0. The summed E-state index contributed by atoms with van der Waals surface area (Å²) in [5.74, 6) is 0. The highest BCUT2D eigenvalue weighted by atomic mass is 14.9. The predicted octanol–water partition coefficient (Wildman–Crippen LogP) is 4.79. The molecule has 1 N–H and O–H groups in total. The Balaban J connectivity index is 2.14. The lowest BCUT2D eigenvalue weighted by Crippen LogP contribution is -2.04. The Kier molecular flexibility index (Phi) is 4.26. The number of hydrogen-bond donors (Lipinski definition) is 1. The summed E-state index contributed by atoms with van der Waals surface area (Å²) < 4.78 is 0. The van der Waals surface area contributed by atoms with Gasteiger partial charge in [-0.2, -0.15) is 0 Å². The van der Waals surface area contributed by atoms with E-state index >= 15 is 0 Å². The average molecular weight is 253 g/mol. The molecule has 0 atom stereocenters. The summed E-state index contributed by atoms with van der Waals surface area (Å²) in [5.41, 5.74) is 8.08. The Morgan fingerprint density at radius 1 is 0.947 bits per heavy atom. The van der Waals surface area contributed by atoms with Crippen molar-refractivity contribution in [1.82, 2.24) is 0 Å².